The zero-order valence-corrected chi connectivity index (χ0v) is 11.4. The summed E-state index contributed by atoms with van der Waals surface area (Å²) < 4.78 is 13.3. The molecule has 1 aromatic carbocycles. The molecule has 1 aromatic heterocycles. The highest BCUT2D eigenvalue weighted by Gasteiger charge is 2.21. The fourth-order valence-corrected chi connectivity index (χ4v) is 2.77. The Morgan fingerprint density at radius 1 is 1.32 bits per heavy atom. The highest BCUT2D eigenvalue weighted by molar-refractivity contribution is 7.12. The Hall–Kier alpha value is -1.88. The van der Waals surface area contributed by atoms with Crippen molar-refractivity contribution in [2.24, 2.45) is 0 Å². The summed E-state index contributed by atoms with van der Waals surface area (Å²) in [5.74, 6) is -1.36. The topological polar surface area (TPSA) is 49.3 Å². The minimum atomic E-state index is -0.983. The van der Waals surface area contributed by atoms with Gasteiger partial charge in [-0.05, 0) is 49.7 Å². The van der Waals surface area contributed by atoms with Crippen molar-refractivity contribution < 1.29 is 14.3 Å². The van der Waals surface area contributed by atoms with Crippen LogP contribution in [0.4, 0.5) is 10.1 Å². The Balaban J connectivity index is 2.29. The molecule has 19 heavy (non-hydrogen) atoms. The molecule has 0 saturated carbocycles. The van der Waals surface area contributed by atoms with Crippen molar-refractivity contribution in [1.82, 2.24) is 0 Å². The largest absolute Gasteiger partial charge is 0.479 e. The SMILES string of the molecule is Cc1cc(F)cc(NC(C(=O)O)c2ccc(C)s2)c1. The molecule has 100 valence electrons. The van der Waals surface area contributed by atoms with Gasteiger partial charge in [-0.1, -0.05) is 0 Å². The lowest BCUT2D eigenvalue weighted by Crippen LogP contribution is -2.19. The van der Waals surface area contributed by atoms with Gasteiger partial charge in [-0.15, -0.1) is 11.3 Å². The summed E-state index contributed by atoms with van der Waals surface area (Å²) in [6.07, 6.45) is 0. The van der Waals surface area contributed by atoms with Gasteiger partial charge in [0.15, 0.2) is 6.04 Å². The average Bonchev–Trinajstić information content (AvgIpc) is 2.70. The van der Waals surface area contributed by atoms with Gasteiger partial charge in [0.2, 0.25) is 0 Å². The van der Waals surface area contributed by atoms with Gasteiger partial charge < -0.3 is 10.4 Å². The minimum absolute atomic E-state index is 0.381. The zero-order valence-electron chi connectivity index (χ0n) is 10.6. The number of carbonyl (C=O) groups is 1. The first kappa shape index (κ1) is 13.5. The number of carboxylic acid groups (broad SMARTS) is 1. The van der Waals surface area contributed by atoms with Crippen molar-refractivity contribution >= 4 is 23.0 Å². The molecule has 0 saturated heterocycles. The molecule has 0 spiro atoms. The monoisotopic (exact) mass is 279 g/mol. The molecular weight excluding hydrogens is 265 g/mol. The van der Waals surface area contributed by atoms with Gasteiger partial charge in [0.25, 0.3) is 0 Å². The summed E-state index contributed by atoms with van der Waals surface area (Å²) in [6.45, 7) is 3.68. The smallest absolute Gasteiger partial charge is 0.331 e. The summed E-state index contributed by atoms with van der Waals surface area (Å²) >= 11 is 1.41. The lowest BCUT2D eigenvalue weighted by Gasteiger charge is -2.15. The van der Waals surface area contributed by atoms with Crippen LogP contribution in [0.2, 0.25) is 0 Å². The number of carboxylic acids is 1. The molecule has 0 radical (unpaired) electrons. The van der Waals surface area contributed by atoms with Crippen LogP contribution in [0.15, 0.2) is 30.3 Å². The normalized spacial score (nSPS) is 12.2. The van der Waals surface area contributed by atoms with Crippen LogP contribution in [0.1, 0.15) is 21.4 Å². The number of halogens is 1. The van der Waals surface area contributed by atoms with Crippen LogP contribution in [-0.4, -0.2) is 11.1 Å². The number of benzene rings is 1. The molecule has 0 amide bonds. The Morgan fingerprint density at radius 3 is 2.58 bits per heavy atom. The predicted octanol–water partition coefficient (Wildman–Crippen LogP) is 3.74. The van der Waals surface area contributed by atoms with E-state index in [0.717, 1.165) is 10.4 Å². The fourth-order valence-electron chi connectivity index (χ4n) is 1.85. The maximum absolute atomic E-state index is 13.3. The van der Waals surface area contributed by atoms with E-state index in [1.54, 1.807) is 19.1 Å². The lowest BCUT2D eigenvalue weighted by molar-refractivity contribution is -0.138. The van der Waals surface area contributed by atoms with Crippen LogP contribution in [0.25, 0.3) is 0 Å². The van der Waals surface area contributed by atoms with Gasteiger partial charge in [-0.25, -0.2) is 9.18 Å². The summed E-state index contributed by atoms with van der Waals surface area (Å²) in [5, 5.41) is 12.1. The number of nitrogens with one attached hydrogen (secondary N) is 1. The van der Waals surface area contributed by atoms with E-state index >= 15 is 0 Å². The third kappa shape index (κ3) is 3.32. The molecule has 5 heteroatoms. The van der Waals surface area contributed by atoms with Gasteiger partial charge in [0.05, 0.1) is 0 Å². The highest BCUT2D eigenvalue weighted by Crippen LogP contribution is 2.27. The molecule has 1 unspecified atom stereocenters. The number of aliphatic carboxylic acids is 1. The van der Waals surface area contributed by atoms with E-state index in [2.05, 4.69) is 5.32 Å². The first-order valence-corrected chi connectivity index (χ1v) is 6.60. The van der Waals surface area contributed by atoms with Crippen LogP contribution in [-0.2, 0) is 4.79 Å². The molecule has 1 atom stereocenters. The Kier molecular flexibility index (Phi) is 3.85. The molecule has 1 heterocycles. The first-order chi connectivity index (χ1) is 8.95. The van der Waals surface area contributed by atoms with Gasteiger partial charge in [0, 0.05) is 15.4 Å². The highest BCUT2D eigenvalue weighted by atomic mass is 32.1. The van der Waals surface area contributed by atoms with E-state index in [0.29, 0.717) is 10.6 Å². The standard InChI is InChI=1S/C14H14FNO2S/c1-8-5-10(15)7-11(6-8)16-13(14(17)18)12-4-3-9(2)19-12/h3-7,13,16H,1-2H3,(H,17,18). The second-order valence-corrected chi connectivity index (χ2v) is 5.70. The van der Waals surface area contributed by atoms with Crippen molar-refractivity contribution in [3.05, 3.63) is 51.5 Å². The Bertz CT molecular complexity index is 589. The van der Waals surface area contributed by atoms with Gasteiger partial charge in [0.1, 0.15) is 5.82 Å². The zero-order chi connectivity index (χ0) is 14.0. The molecule has 0 aliphatic rings. The summed E-state index contributed by atoms with van der Waals surface area (Å²) in [5.41, 5.74) is 1.21. The van der Waals surface area contributed by atoms with Gasteiger partial charge in [-0.2, -0.15) is 0 Å². The maximum Gasteiger partial charge on any atom is 0.331 e. The minimum Gasteiger partial charge on any atom is -0.479 e. The quantitative estimate of drug-likeness (QED) is 0.896. The third-order valence-electron chi connectivity index (χ3n) is 2.65. The molecule has 2 rings (SSSR count). The van der Waals surface area contributed by atoms with Crippen molar-refractivity contribution in [3.63, 3.8) is 0 Å². The second kappa shape index (κ2) is 5.40. The second-order valence-electron chi connectivity index (χ2n) is 4.38. The van der Waals surface area contributed by atoms with E-state index in [1.165, 1.54) is 23.5 Å². The molecule has 2 N–H and O–H groups in total. The van der Waals surface area contributed by atoms with E-state index in [4.69, 9.17) is 0 Å². The molecule has 0 fully saturated rings. The van der Waals surface area contributed by atoms with E-state index in [1.807, 2.05) is 13.0 Å². The van der Waals surface area contributed by atoms with E-state index in [-0.39, 0.29) is 5.82 Å². The molecule has 3 nitrogen and oxygen atoms in total. The Morgan fingerprint density at radius 2 is 2.05 bits per heavy atom. The van der Waals surface area contributed by atoms with E-state index < -0.39 is 12.0 Å². The molecule has 0 aliphatic heterocycles. The number of hydrogen-bond acceptors (Lipinski definition) is 3. The average molecular weight is 279 g/mol. The fraction of sp³-hybridized carbons (Fsp3) is 0.214. The maximum atomic E-state index is 13.3. The summed E-state index contributed by atoms with van der Waals surface area (Å²) in [7, 11) is 0. The number of hydrogen-bond donors (Lipinski definition) is 2. The Labute approximate surface area is 114 Å². The number of rotatable bonds is 4. The van der Waals surface area contributed by atoms with Crippen LogP contribution in [0.5, 0.6) is 0 Å². The number of aryl methyl sites for hydroxylation is 2. The predicted molar refractivity (Wildman–Crippen MR) is 74.2 cm³/mol. The van der Waals surface area contributed by atoms with Crippen molar-refractivity contribution in [1.29, 1.82) is 0 Å². The third-order valence-corrected chi connectivity index (χ3v) is 3.71. The molecule has 2 aromatic rings. The number of anilines is 1. The van der Waals surface area contributed by atoms with Crippen LogP contribution >= 0.6 is 11.3 Å². The van der Waals surface area contributed by atoms with Crippen LogP contribution < -0.4 is 5.32 Å². The van der Waals surface area contributed by atoms with Gasteiger partial charge >= 0.3 is 5.97 Å². The lowest BCUT2D eigenvalue weighted by atomic mass is 10.2. The van der Waals surface area contributed by atoms with Crippen LogP contribution in [0.3, 0.4) is 0 Å². The molecule has 0 aliphatic carbocycles. The van der Waals surface area contributed by atoms with Crippen molar-refractivity contribution in [3.8, 4) is 0 Å². The first-order valence-electron chi connectivity index (χ1n) is 5.78. The molecule has 0 bridgehead atoms. The van der Waals surface area contributed by atoms with Crippen molar-refractivity contribution in [2.45, 2.75) is 19.9 Å². The van der Waals surface area contributed by atoms with Crippen molar-refractivity contribution in [2.75, 3.05) is 5.32 Å². The molecular formula is C14H14FNO2S. The summed E-state index contributed by atoms with van der Waals surface area (Å²) in [4.78, 5) is 13.1. The summed E-state index contributed by atoms with van der Waals surface area (Å²) in [6, 6.07) is 7.20. The van der Waals surface area contributed by atoms with Crippen LogP contribution in [0, 0.1) is 19.7 Å². The van der Waals surface area contributed by atoms with E-state index in [9.17, 15) is 14.3 Å². The number of thiophene rings is 1. The van der Waals surface area contributed by atoms with Gasteiger partial charge in [-0.3, -0.25) is 0 Å².